The van der Waals surface area contributed by atoms with Crippen molar-refractivity contribution in [1.29, 1.82) is 0 Å². The molecule has 0 aliphatic carbocycles. The SMILES string of the molecule is CCOc1ccc2nc(N3C(=O)C(=O)/C(=C(/O)c4ccc5c(c4)CCCO5)C3c3cccs3)sc2c1. The van der Waals surface area contributed by atoms with Crippen LogP contribution in [0.3, 0.4) is 0 Å². The first-order valence-electron chi connectivity index (χ1n) is 11.7. The Morgan fingerprint density at radius 3 is 2.92 bits per heavy atom. The van der Waals surface area contributed by atoms with Crippen LogP contribution in [0, 0.1) is 0 Å². The van der Waals surface area contributed by atoms with Crippen molar-refractivity contribution < 1.29 is 24.2 Å². The van der Waals surface area contributed by atoms with Crippen LogP contribution in [0.2, 0.25) is 0 Å². The van der Waals surface area contributed by atoms with E-state index in [9.17, 15) is 14.7 Å². The Hall–Kier alpha value is -3.69. The number of amides is 1. The molecule has 2 aliphatic heterocycles. The number of thiazole rings is 1. The van der Waals surface area contributed by atoms with Crippen LogP contribution in [0.15, 0.2) is 59.5 Å². The van der Waals surface area contributed by atoms with E-state index in [1.165, 1.54) is 27.6 Å². The Morgan fingerprint density at radius 2 is 2.11 bits per heavy atom. The fourth-order valence-corrected chi connectivity index (χ4v) is 6.51. The number of carbonyl (C=O) groups excluding carboxylic acids is 2. The van der Waals surface area contributed by atoms with Gasteiger partial charge in [-0.1, -0.05) is 17.4 Å². The molecule has 1 fully saturated rings. The first-order chi connectivity index (χ1) is 17.5. The van der Waals surface area contributed by atoms with Gasteiger partial charge in [-0.05, 0) is 73.2 Å². The third-order valence-corrected chi connectivity index (χ3v) is 8.25. The number of anilines is 1. The van der Waals surface area contributed by atoms with E-state index in [-0.39, 0.29) is 11.3 Å². The summed E-state index contributed by atoms with van der Waals surface area (Å²) in [6.07, 6.45) is 1.72. The predicted octanol–water partition coefficient (Wildman–Crippen LogP) is 5.71. The molecule has 4 aromatic rings. The summed E-state index contributed by atoms with van der Waals surface area (Å²) in [6.45, 7) is 3.12. The Balaban J connectivity index is 1.48. The Labute approximate surface area is 215 Å². The lowest BCUT2D eigenvalue weighted by molar-refractivity contribution is -0.132. The number of carbonyl (C=O) groups is 2. The van der Waals surface area contributed by atoms with Gasteiger partial charge in [0.1, 0.15) is 23.3 Å². The van der Waals surface area contributed by atoms with Crippen LogP contribution in [-0.4, -0.2) is 35.0 Å². The number of aromatic nitrogens is 1. The highest BCUT2D eigenvalue weighted by atomic mass is 32.1. The summed E-state index contributed by atoms with van der Waals surface area (Å²) in [5.41, 5.74) is 2.24. The monoisotopic (exact) mass is 518 g/mol. The van der Waals surface area contributed by atoms with Crippen molar-refractivity contribution in [2.75, 3.05) is 18.1 Å². The molecular formula is C27H22N2O5S2. The number of thiophene rings is 1. The number of aliphatic hydroxyl groups excluding tert-OH is 1. The molecule has 9 heteroatoms. The second kappa shape index (κ2) is 9.07. The van der Waals surface area contributed by atoms with Crippen LogP contribution < -0.4 is 14.4 Å². The van der Waals surface area contributed by atoms with Gasteiger partial charge in [-0.15, -0.1) is 11.3 Å². The standard InChI is InChI=1S/C27H22N2O5S2/c1-2-33-17-8-9-18-21(14-17)36-27(28-18)29-23(20-6-4-12-35-20)22(25(31)26(29)32)24(30)16-7-10-19-15(13-16)5-3-11-34-19/h4,6-10,12-14,23,30H,2-3,5,11H2,1H3/b24-22+. The van der Waals surface area contributed by atoms with E-state index in [1.807, 2.05) is 54.8 Å². The molecule has 4 heterocycles. The van der Waals surface area contributed by atoms with E-state index in [0.717, 1.165) is 33.7 Å². The molecule has 0 saturated carbocycles. The van der Waals surface area contributed by atoms with Crippen LogP contribution in [0.4, 0.5) is 5.13 Å². The summed E-state index contributed by atoms with van der Waals surface area (Å²) in [5.74, 6) is -0.126. The molecule has 36 heavy (non-hydrogen) atoms. The highest BCUT2D eigenvalue weighted by Crippen LogP contribution is 2.46. The minimum absolute atomic E-state index is 0.0633. The molecule has 2 aromatic heterocycles. The highest BCUT2D eigenvalue weighted by molar-refractivity contribution is 7.22. The lowest BCUT2D eigenvalue weighted by Gasteiger charge is -2.22. The zero-order valence-corrected chi connectivity index (χ0v) is 21.0. The number of ketones is 1. The second-order valence-corrected chi connectivity index (χ2v) is 10.5. The van der Waals surface area contributed by atoms with Crippen LogP contribution in [0.25, 0.3) is 16.0 Å². The summed E-state index contributed by atoms with van der Waals surface area (Å²) in [7, 11) is 0. The van der Waals surface area contributed by atoms with Crippen molar-refractivity contribution in [1.82, 2.24) is 4.98 Å². The van der Waals surface area contributed by atoms with Gasteiger partial charge in [0.05, 0.1) is 29.0 Å². The van der Waals surface area contributed by atoms with Crippen LogP contribution >= 0.6 is 22.7 Å². The van der Waals surface area contributed by atoms with Crippen molar-refractivity contribution in [3.05, 3.63) is 75.5 Å². The minimum Gasteiger partial charge on any atom is -0.507 e. The molecule has 2 aliphatic rings. The van der Waals surface area contributed by atoms with Gasteiger partial charge in [-0.25, -0.2) is 4.98 Å². The summed E-state index contributed by atoms with van der Waals surface area (Å²) in [6, 6.07) is 13.9. The Morgan fingerprint density at radius 1 is 1.22 bits per heavy atom. The maximum absolute atomic E-state index is 13.4. The van der Waals surface area contributed by atoms with Crippen LogP contribution in [0.1, 0.15) is 35.4 Å². The fraction of sp³-hybridized carbons (Fsp3) is 0.222. The van der Waals surface area contributed by atoms with Gasteiger partial charge in [0.25, 0.3) is 5.78 Å². The molecule has 182 valence electrons. The summed E-state index contributed by atoms with van der Waals surface area (Å²) in [4.78, 5) is 33.6. The number of Topliss-reactive ketones (excluding diaryl/α,β-unsaturated/α-hetero) is 1. The molecule has 1 saturated heterocycles. The van der Waals surface area contributed by atoms with E-state index in [1.54, 1.807) is 6.07 Å². The molecule has 0 radical (unpaired) electrons. The quantitative estimate of drug-likeness (QED) is 0.207. The Bertz CT molecular complexity index is 1520. The number of aryl methyl sites for hydroxylation is 1. The van der Waals surface area contributed by atoms with Crippen molar-refractivity contribution in [2.24, 2.45) is 0 Å². The van der Waals surface area contributed by atoms with Crippen LogP contribution in [0.5, 0.6) is 11.5 Å². The maximum atomic E-state index is 13.4. The van der Waals surface area contributed by atoms with Crippen molar-refractivity contribution in [3.63, 3.8) is 0 Å². The van der Waals surface area contributed by atoms with Gasteiger partial charge in [-0.3, -0.25) is 14.5 Å². The smallest absolute Gasteiger partial charge is 0.301 e. The lowest BCUT2D eigenvalue weighted by Crippen LogP contribution is -2.28. The maximum Gasteiger partial charge on any atom is 0.301 e. The number of hydrogen-bond acceptors (Lipinski definition) is 8. The van der Waals surface area contributed by atoms with E-state index in [2.05, 4.69) is 4.98 Å². The van der Waals surface area contributed by atoms with Crippen molar-refractivity contribution in [2.45, 2.75) is 25.8 Å². The number of fused-ring (bicyclic) bond motifs is 2. The molecule has 2 aromatic carbocycles. The number of benzene rings is 2. The first-order valence-corrected chi connectivity index (χ1v) is 13.4. The molecule has 1 unspecified atom stereocenters. The molecule has 6 rings (SSSR count). The second-order valence-electron chi connectivity index (χ2n) is 8.52. The fourth-order valence-electron chi connectivity index (χ4n) is 4.66. The minimum atomic E-state index is -0.774. The molecule has 0 bridgehead atoms. The lowest BCUT2D eigenvalue weighted by atomic mass is 9.97. The van der Waals surface area contributed by atoms with Gasteiger partial charge in [0.15, 0.2) is 5.13 Å². The molecule has 7 nitrogen and oxygen atoms in total. The number of rotatable bonds is 5. The van der Waals surface area contributed by atoms with Gasteiger partial charge >= 0.3 is 5.91 Å². The number of ether oxygens (including phenoxy) is 2. The molecule has 1 amide bonds. The normalized spacial score (nSPS) is 18.9. The topological polar surface area (TPSA) is 89.0 Å². The van der Waals surface area contributed by atoms with E-state index in [0.29, 0.717) is 35.2 Å². The van der Waals surface area contributed by atoms with Crippen molar-refractivity contribution >= 4 is 55.5 Å². The molecule has 1 atom stereocenters. The van der Waals surface area contributed by atoms with Gasteiger partial charge in [0, 0.05) is 10.4 Å². The number of aliphatic hydroxyl groups is 1. The number of hydrogen-bond donors (Lipinski definition) is 1. The summed E-state index contributed by atoms with van der Waals surface area (Å²) >= 11 is 2.74. The van der Waals surface area contributed by atoms with E-state index < -0.39 is 17.7 Å². The predicted molar refractivity (Wildman–Crippen MR) is 140 cm³/mol. The zero-order chi connectivity index (χ0) is 24.8. The first kappa shape index (κ1) is 22.8. The average molecular weight is 519 g/mol. The largest absolute Gasteiger partial charge is 0.507 e. The van der Waals surface area contributed by atoms with Crippen LogP contribution in [-0.2, 0) is 16.0 Å². The summed E-state index contributed by atoms with van der Waals surface area (Å²) in [5, 5.41) is 13.7. The molecule has 1 N–H and O–H groups in total. The molecule has 0 spiro atoms. The van der Waals surface area contributed by atoms with Gasteiger partial charge in [0.2, 0.25) is 0 Å². The zero-order valence-electron chi connectivity index (χ0n) is 19.4. The number of nitrogens with zero attached hydrogens (tertiary/aromatic N) is 2. The third kappa shape index (κ3) is 3.75. The van der Waals surface area contributed by atoms with Gasteiger partial charge < -0.3 is 14.6 Å². The molecular weight excluding hydrogens is 496 g/mol. The highest BCUT2D eigenvalue weighted by Gasteiger charge is 2.48. The average Bonchev–Trinajstić information content (AvgIpc) is 3.62. The van der Waals surface area contributed by atoms with Gasteiger partial charge in [-0.2, -0.15) is 0 Å². The summed E-state index contributed by atoms with van der Waals surface area (Å²) < 4.78 is 12.1. The third-order valence-electron chi connectivity index (χ3n) is 6.30. The van der Waals surface area contributed by atoms with Crippen molar-refractivity contribution in [3.8, 4) is 11.5 Å². The Kier molecular flexibility index (Phi) is 5.73. The van der Waals surface area contributed by atoms with E-state index >= 15 is 0 Å². The van der Waals surface area contributed by atoms with E-state index in [4.69, 9.17) is 9.47 Å².